The van der Waals surface area contributed by atoms with Gasteiger partial charge in [0, 0.05) is 75.6 Å². The van der Waals surface area contributed by atoms with Crippen molar-refractivity contribution in [1.82, 2.24) is 29.8 Å². The van der Waals surface area contributed by atoms with Crippen molar-refractivity contribution >= 4 is 28.5 Å². The first-order valence-electron chi connectivity index (χ1n) is 25.3. The number of hydrogen-bond donors (Lipinski definition) is 12. The maximum absolute atomic E-state index is 15.6. The summed E-state index contributed by atoms with van der Waals surface area (Å²) < 4.78 is 42.2. The van der Waals surface area contributed by atoms with Crippen molar-refractivity contribution in [3.8, 4) is 0 Å². The van der Waals surface area contributed by atoms with E-state index in [1.807, 2.05) is 29.2 Å². The van der Waals surface area contributed by atoms with Crippen molar-refractivity contribution < 1.29 is 73.8 Å². The van der Waals surface area contributed by atoms with Gasteiger partial charge < -0.3 is 91.8 Å². The summed E-state index contributed by atoms with van der Waals surface area (Å²) in [6, 6.07) is 7.68. The molecule has 2 saturated carbocycles. The lowest BCUT2D eigenvalue weighted by Crippen LogP contribution is -2.69. The monoisotopic (exact) mass is 1050 g/mol. The van der Waals surface area contributed by atoms with Gasteiger partial charge in [-0.1, -0.05) is 29.5 Å². The Bertz CT molecular complexity index is 2690. The molecule has 3 saturated heterocycles. The number of nitrogens with two attached hydrogens (primary N) is 3. The number of piperazine rings is 1. The quantitative estimate of drug-likeness (QED) is 0.0457. The Kier molecular flexibility index (Phi) is 16.9. The number of aromatic nitrogens is 4. The van der Waals surface area contributed by atoms with Crippen molar-refractivity contribution in [3.05, 3.63) is 87.2 Å². The number of ether oxygens (including phenoxy) is 4. The Morgan fingerprint density at radius 1 is 0.827 bits per heavy atom. The molecule has 5 heterocycles. The molecular weight excluding hydrogens is 988 g/mol. The number of pyridine rings is 1. The lowest BCUT2D eigenvalue weighted by molar-refractivity contribution is -0.332. The number of hydrogen-bond acceptors (Lipinski definition) is 21. The molecule has 2 aromatic carbocycles. The van der Waals surface area contributed by atoms with Gasteiger partial charge in [0.15, 0.2) is 12.6 Å². The van der Waals surface area contributed by atoms with Gasteiger partial charge in [0.05, 0.1) is 42.1 Å². The first-order chi connectivity index (χ1) is 35.9. The van der Waals surface area contributed by atoms with Gasteiger partial charge in [-0.15, -0.1) is 5.10 Å². The predicted molar refractivity (Wildman–Crippen MR) is 261 cm³/mol. The molecule has 1 amide bonds. The van der Waals surface area contributed by atoms with Gasteiger partial charge in [0.2, 0.25) is 11.3 Å². The van der Waals surface area contributed by atoms with Crippen molar-refractivity contribution in [2.45, 2.75) is 149 Å². The van der Waals surface area contributed by atoms with E-state index in [1.165, 1.54) is 12.3 Å². The van der Waals surface area contributed by atoms with E-state index in [0.29, 0.717) is 69.0 Å². The number of benzene rings is 2. The van der Waals surface area contributed by atoms with E-state index in [4.69, 9.17) is 36.1 Å². The van der Waals surface area contributed by atoms with Crippen LogP contribution in [-0.2, 0) is 43.3 Å². The maximum Gasteiger partial charge on any atom is 0.341 e. The normalized spacial score (nSPS) is 32.7. The molecule has 75 heavy (non-hydrogen) atoms. The van der Waals surface area contributed by atoms with Gasteiger partial charge >= 0.3 is 5.97 Å². The standard InChI is InChI=1S/C49H67FN10O15/c50-29-14-27-32(60(26-8-9-26)21-28(38(27)63)47(70)71)16-33(29)58-12-10-57(11-13-58)18-23-4-6-24(7-5-23)19-59-20-25(55-56-59)2-1-3-36(62)54-31-15-30(52)45(74-49-43(68)42(67)40(65)34(17-51)72-49)44(69)46(31)75-48-41(66)37(53)39(64)35(22-61)73-48/h4-7,14,16,20-21,26,30-31,34-35,37,39-46,48-49,61,64-69H,1-3,8-13,15,17-19,22,51-53H2,(H,54,62)(H,70,71)/t30-,31+,34+,35+,37-,39+,40+,41+,42-,43+,44-,45+,46-,48+,49+/m0/s1. The van der Waals surface area contributed by atoms with E-state index >= 15 is 4.39 Å². The van der Waals surface area contributed by atoms with Crippen LogP contribution < -0.4 is 32.8 Å². The topological polar surface area (TPSA) is 382 Å². The van der Waals surface area contributed by atoms with Crippen LogP contribution in [-0.4, -0.2) is 208 Å². The average molecular weight is 1060 g/mol. The summed E-state index contributed by atoms with van der Waals surface area (Å²) in [6.07, 6.45) is -12.6. The first-order valence-corrected chi connectivity index (χ1v) is 25.3. The number of anilines is 1. The average Bonchev–Trinajstić information content (AvgIpc) is 4.15. The smallest absolute Gasteiger partial charge is 0.341 e. The summed E-state index contributed by atoms with van der Waals surface area (Å²) in [7, 11) is 0. The molecule has 5 fully saturated rings. The molecule has 2 aromatic heterocycles. The van der Waals surface area contributed by atoms with Crippen molar-refractivity contribution in [2.75, 3.05) is 44.2 Å². The second-order valence-corrected chi connectivity index (χ2v) is 20.3. The highest BCUT2D eigenvalue weighted by Crippen LogP contribution is 2.39. The number of carbonyl (C=O) groups excluding carboxylic acids is 1. The molecular formula is C49H67FN10O15. The zero-order valence-electron chi connectivity index (χ0n) is 41.0. The molecule has 15 N–H and O–H groups in total. The lowest BCUT2D eigenvalue weighted by atomic mass is 9.83. The summed E-state index contributed by atoms with van der Waals surface area (Å²) in [5.74, 6) is -2.34. The number of carboxylic acids is 1. The SMILES string of the molecule is NC[C@H]1O[C@H](O[C@H]2[C@H](O)[C@@H](O[C@H]3O[C@H](CO)[C@@H](O)[C@H](N)[C@H]3O)[C@H](NC(=O)CCCc3cn(Cc4ccc(CN5CCN(c6cc7c(cc6F)c(=O)c(C(=O)O)cn7C6CC6)CC5)cc4)nn3)C[C@@H]2N)[C@H](O)[C@@H](O)[C@@H]1O. The molecule has 0 radical (unpaired) electrons. The number of carboxylic acid groups (broad SMARTS) is 1. The third kappa shape index (κ3) is 11.9. The molecule has 0 spiro atoms. The van der Waals surface area contributed by atoms with Crippen LogP contribution in [0.2, 0.25) is 0 Å². The van der Waals surface area contributed by atoms with E-state index < -0.39 is 121 Å². The molecule has 4 aromatic rings. The zero-order valence-corrected chi connectivity index (χ0v) is 41.0. The Morgan fingerprint density at radius 3 is 2.16 bits per heavy atom. The fourth-order valence-corrected chi connectivity index (χ4v) is 10.5. The second-order valence-electron chi connectivity index (χ2n) is 20.3. The summed E-state index contributed by atoms with van der Waals surface area (Å²) in [5, 5.41) is 95.3. The number of aliphatic hydroxyl groups excluding tert-OH is 7. The molecule has 2 aliphatic carbocycles. The molecule has 26 heteroatoms. The maximum atomic E-state index is 15.6. The number of fused-ring (bicyclic) bond motifs is 1. The van der Waals surface area contributed by atoms with Crippen LogP contribution in [0.25, 0.3) is 10.9 Å². The van der Waals surface area contributed by atoms with Crippen LogP contribution in [0.5, 0.6) is 0 Å². The summed E-state index contributed by atoms with van der Waals surface area (Å²) in [6.45, 7) is 2.67. The highest BCUT2D eigenvalue weighted by molar-refractivity contribution is 5.93. The van der Waals surface area contributed by atoms with Gasteiger partial charge in [0.25, 0.3) is 0 Å². The van der Waals surface area contributed by atoms with Crippen LogP contribution in [0.4, 0.5) is 10.1 Å². The first kappa shape index (κ1) is 54.6. The number of carbonyl (C=O) groups is 2. The van der Waals surface area contributed by atoms with Crippen LogP contribution in [0.15, 0.2) is 53.6 Å². The van der Waals surface area contributed by atoms with Gasteiger partial charge in [-0.2, -0.15) is 0 Å². The van der Waals surface area contributed by atoms with Gasteiger partial charge in [-0.25, -0.2) is 13.9 Å². The number of aliphatic hydroxyl groups is 7. The fourth-order valence-electron chi connectivity index (χ4n) is 10.5. The number of nitrogens with zero attached hydrogens (tertiary/aromatic N) is 6. The highest BCUT2D eigenvalue weighted by atomic mass is 19.1. The number of amides is 1. The number of aryl methyl sites for hydroxylation is 1. The number of halogens is 1. The summed E-state index contributed by atoms with van der Waals surface area (Å²) in [5.41, 5.74) is 20.8. The molecule has 5 aliphatic rings. The van der Waals surface area contributed by atoms with E-state index in [9.17, 15) is 55.2 Å². The third-order valence-corrected chi connectivity index (χ3v) is 15.0. The van der Waals surface area contributed by atoms with Gasteiger partial charge in [-0.3, -0.25) is 14.5 Å². The third-order valence-electron chi connectivity index (χ3n) is 15.0. The minimum absolute atomic E-state index is 0.00769. The van der Waals surface area contributed by atoms with Crippen molar-refractivity contribution in [2.24, 2.45) is 17.2 Å². The Hall–Kier alpha value is -5.14. The van der Waals surface area contributed by atoms with Crippen molar-refractivity contribution in [3.63, 3.8) is 0 Å². The predicted octanol–water partition coefficient (Wildman–Crippen LogP) is -3.66. The Labute approximate surface area is 429 Å². The van der Waals surface area contributed by atoms with Crippen molar-refractivity contribution in [1.29, 1.82) is 0 Å². The van der Waals surface area contributed by atoms with E-state index in [0.717, 1.165) is 24.0 Å². The number of rotatable bonds is 18. The lowest BCUT2D eigenvalue weighted by Gasteiger charge is -2.48. The molecule has 9 rings (SSSR count). The van der Waals surface area contributed by atoms with Crippen LogP contribution in [0.1, 0.15) is 65.3 Å². The molecule has 0 unspecified atom stereocenters. The molecule has 3 aliphatic heterocycles. The van der Waals surface area contributed by atoms with E-state index in [1.54, 1.807) is 21.5 Å². The molecule has 15 atom stereocenters. The van der Waals surface area contributed by atoms with E-state index in [-0.39, 0.29) is 36.4 Å². The second kappa shape index (κ2) is 23.2. The number of nitrogens with one attached hydrogen (secondary N) is 1. The fraction of sp³-hybridized carbons (Fsp3) is 0.612. The van der Waals surface area contributed by atoms with Crippen LogP contribution >= 0.6 is 0 Å². The van der Waals surface area contributed by atoms with Gasteiger partial charge in [0.1, 0.15) is 72.4 Å². The minimum atomic E-state index is -1.77. The zero-order chi connectivity index (χ0) is 53.4. The summed E-state index contributed by atoms with van der Waals surface area (Å²) in [4.78, 5) is 42.4. The minimum Gasteiger partial charge on any atom is -0.477 e. The molecule has 25 nitrogen and oxygen atoms in total. The molecule has 0 bridgehead atoms. The van der Waals surface area contributed by atoms with E-state index in [2.05, 4.69) is 20.5 Å². The molecule has 410 valence electrons. The van der Waals surface area contributed by atoms with Gasteiger partial charge in [-0.05, 0) is 55.4 Å². The summed E-state index contributed by atoms with van der Waals surface area (Å²) >= 11 is 0. The largest absolute Gasteiger partial charge is 0.477 e. The van der Waals surface area contributed by atoms with Crippen LogP contribution in [0, 0.1) is 5.82 Å². The highest BCUT2D eigenvalue weighted by Gasteiger charge is 2.52. The Balaban J connectivity index is 0.760. The number of aromatic carboxylic acids is 1. The van der Waals surface area contributed by atoms with Crippen LogP contribution in [0.3, 0.4) is 0 Å². The Morgan fingerprint density at radius 2 is 1.49 bits per heavy atom.